The van der Waals surface area contributed by atoms with Crippen LogP contribution in [0.5, 0.6) is 0 Å². The Morgan fingerprint density at radius 3 is 0.988 bits per heavy atom. The van der Waals surface area contributed by atoms with Crippen LogP contribution in [-0.2, 0) is 21.7 Å². The molecule has 3 nitrogen and oxygen atoms in total. The van der Waals surface area contributed by atoms with Crippen LogP contribution in [0.2, 0.25) is 0 Å². The monoisotopic (exact) mass is 1040 g/mol. The molecule has 0 radical (unpaired) electrons. The number of nitrogens with zero attached hydrogens (tertiary/aromatic N) is 3. The summed E-state index contributed by atoms with van der Waals surface area (Å²) in [6.07, 6.45) is 0. The van der Waals surface area contributed by atoms with Gasteiger partial charge >= 0.3 is 0 Å². The van der Waals surface area contributed by atoms with Gasteiger partial charge in [0.2, 0.25) is 0 Å². The average Bonchev–Trinajstić information content (AvgIpc) is 3.31. The fourth-order valence-corrected chi connectivity index (χ4v) is 14.6. The summed E-state index contributed by atoms with van der Waals surface area (Å²) in [6.45, 7) is 19.4. The van der Waals surface area contributed by atoms with Crippen molar-refractivity contribution in [2.24, 2.45) is 0 Å². The third kappa shape index (κ3) is 7.27. The van der Waals surface area contributed by atoms with Crippen LogP contribution in [0.15, 0.2) is 249 Å². The van der Waals surface area contributed by atoms with Gasteiger partial charge in [0.15, 0.2) is 0 Å². The molecule has 0 bridgehead atoms. The predicted octanol–water partition coefficient (Wildman–Crippen LogP) is 21.3. The molecular weight excluding hydrogens is 979 g/mol. The molecule has 0 saturated carbocycles. The lowest BCUT2D eigenvalue weighted by Gasteiger charge is -2.50. The molecular formula is C78H65N3. The maximum atomic E-state index is 2.60. The lowest BCUT2D eigenvalue weighted by atomic mass is 9.65. The molecule has 0 saturated heterocycles. The molecule has 2 aliphatic heterocycles. The molecule has 0 amide bonds. The van der Waals surface area contributed by atoms with Gasteiger partial charge in [0.25, 0.3) is 0 Å². The van der Waals surface area contributed by atoms with Crippen LogP contribution in [0, 0.1) is 0 Å². The SMILES string of the molecule is CC1(C)c2cc(-c3ccc4c(c3)C(C)(C)c3cc(-c5ccc6c(c5)C(C)(C)c5cc(N(c7ccccc7)c7ccccc7)ccc5-6)cc5c3N4c3ccccc3C5(C)C)ccc2-c2ccc(N(c3ccccc3)c3ccccc3)cc21. The van der Waals surface area contributed by atoms with Gasteiger partial charge in [-0.1, -0.05) is 189 Å². The maximum Gasteiger partial charge on any atom is 0.0544 e. The predicted molar refractivity (Wildman–Crippen MR) is 341 cm³/mol. The van der Waals surface area contributed by atoms with Crippen LogP contribution in [0.4, 0.5) is 51.2 Å². The largest absolute Gasteiger partial charge is 0.310 e. The van der Waals surface area contributed by atoms with Crippen LogP contribution in [0.3, 0.4) is 0 Å². The van der Waals surface area contributed by atoms with Crippen molar-refractivity contribution < 1.29 is 0 Å². The summed E-state index contributed by atoms with van der Waals surface area (Å²) in [5.41, 5.74) is 30.8. The first-order valence-corrected chi connectivity index (χ1v) is 28.8. The Bertz CT molecular complexity index is 4260. The molecule has 11 aromatic carbocycles. The van der Waals surface area contributed by atoms with Crippen molar-refractivity contribution in [1.82, 2.24) is 0 Å². The molecule has 392 valence electrons. The van der Waals surface area contributed by atoms with E-state index < -0.39 is 0 Å². The molecule has 4 aliphatic rings. The second kappa shape index (κ2) is 17.7. The van der Waals surface area contributed by atoms with E-state index in [0.29, 0.717) is 0 Å². The van der Waals surface area contributed by atoms with E-state index in [2.05, 4.69) is 319 Å². The molecule has 0 fully saturated rings. The summed E-state index contributed by atoms with van der Waals surface area (Å²) in [4.78, 5) is 7.35. The third-order valence-corrected chi connectivity index (χ3v) is 19.0. The Balaban J connectivity index is 0.817. The number of anilines is 9. The van der Waals surface area contributed by atoms with E-state index in [-0.39, 0.29) is 21.7 Å². The molecule has 0 aromatic heterocycles. The van der Waals surface area contributed by atoms with Gasteiger partial charge in [-0.2, -0.15) is 0 Å². The Morgan fingerprint density at radius 2 is 0.543 bits per heavy atom. The average molecular weight is 1040 g/mol. The van der Waals surface area contributed by atoms with Crippen molar-refractivity contribution in [2.75, 3.05) is 14.7 Å². The summed E-state index contributed by atoms with van der Waals surface area (Å²) < 4.78 is 0. The Morgan fingerprint density at radius 1 is 0.235 bits per heavy atom. The van der Waals surface area contributed by atoms with E-state index in [9.17, 15) is 0 Å². The molecule has 11 aromatic rings. The molecule has 0 unspecified atom stereocenters. The first kappa shape index (κ1) is 48.9. The summed E-state index contributed by atoms with van der Waals surface area (Å²) in [6, 6.07) is 93.1. The minimum Gasteiger partial charge on any atom is -0.310 e. The van der Waals surface area contributed by atoms with Crippen LogP contribution in [-0.4, -0.2) is 0 Å². The van der Waals surface area contributed by atoms with Gasteiger partial charge in [0.05, 0.1) is 17.1 Å². The molecule has 0 atom stereocenters. The Kier molecular flexibility index (Phi) is 10.7. The van der Waals surface area contributed by atoms with Gasteiger partial charge in [-0.05, 0) is 204 Å². The fraction of sp³-hybridized carbons (Fsp3) is 0.154. The number of fused-ring (bicyclic) bond motifs is 10. The number of hydrogen-bond donors (Lipinski definition) is 0. The van der Waals surface area contributed by atoms with Gasteiger partial charge in [-0.15, -0.1) is 0 Å². The molecule has 81 heavy (non-hydrogen) atoms. The number of rotatable bonds is 8. The second-order valence-corrected chi connectivity index (χ2v) is 25.0. The minimum atomic E-state index is -0.331. The van der Waals surface area contributed by atoms with E-state index in [0.717, 1.165) is 34.1 Å². The van der Waals surface area contributed by atoms with Gasteiger partial charge in [-0.25, -0.2) is 0 Å². The van der Waals surface area contributed by atoms with Crippen molar-refractivity contribution in [3.63, 3.8) is 0 Å². The first-order chi connectivity index (χ1) is 39.2. The van der Waals surface area contributed by atoms with Crippen molar-refractivity contribution >= 4 is 51.2 Å². The highest BCUT2D eigenvalue weighted by atomic mass is 15.2. The zero-order valence-electron chi connectivity index (χ0n) is 47.5. The smallest absolute Gasteiger partial charge is 0.0544 e. The lowest BCUT2D eigenvalue weighted by molar-refractivity contribution is 0.598. The van der Waals surface area contributed by atoms with Crippen molar-refractivity contribution in [1.29, 1.82) is 0 Å². The van der Waals surface area contributed by atoms with Crippen molar-refractivity contribution in [3.8, 4) is 44.5 Å². The first-order valence-electron chi connectivity index (χ1n) is 28.8. The fourth-order valence-electron chi connectivity index (χ4n) is 14.6. The standard InChI is InChI=1S/C78H65N3/c1-75(2)64-31-21-22-32-72(64)81-73-42-35-51(50-33-38-60-62-40-36-58(48-67(62)76(3,4)65(60)43-50)79(54-23-13-9-14-24-54)55-25-15-10-16-26-55)45-69(73)78(7,8)71-47-53(46-70(75)74(71)81)52-34-39-61-63-41-37-59(49-68(63)77(5,6)66(61)44-52)80(56-27-17-11-18-28-56)57-29-19-12-20-30-57/h9-49H,1-8H3. The van der Waals surface area contributed by atoms with Crippen LogP contribution in [0.25, 0.3) is 44.5 Å². The summed E-state index contributed by atoms with van der Waals surface area (Å²) in [5.74, 6) is 0. The van der Waals surface area contributed by atoms with E-state index in [1.165, 1.54) is 106 Å². The topological polar surface area (TPSA) is 9.72 Å². The highest BCUT2D eigenvalue weighted by Crippen LogP contribution is 2.62. The molecule has 3 heteroatoms. The normalized spacial score (nSPS) is 15.5. The number of hydrogen-bond acceptors (Lipinski definition) is 3. The molecule has 0 spiro atoms. The van der Waals surface area contributed by atoms with Crippen LogP contribution < -0.4 is 14.7 Å². The zero-order chi connectivity index (χ0) is 55.2. The van der Waals surface area contributed by atoms with Gasteiger partial charge in [0.1, 0.15) is 0 Å². The summed E-state index contributed by atoms with van der Waals surface area (Å²) >= 11 is 0. The number of para-hydroxylation sites is 5. The van der Waals surface area contributed by atoms with Gasteiger partial charge < -0.3 is 14.7 Å². The lowest BCUT2D eigenvalue weighted by Crippen LogP contribution is -2.38. The van der Waals surface area contributed by atoms with E-state index >= 15 is 0 Å². The molecule has 15 rings (SSSR count). The summed E-state index contributed by atoms with van der Waals surface area (Å²) in [7, 11) is 0. The van der Waals surface area contributed by atoms with E-state index in [1.807, 2.05) is 0 Å². The van der Waals surface area contributed by atoms with Crippen LogP contribution in [0.1, 0.15) is 99.9 Å². The molecule has 0 N–H and O–H groups in total. The summed E-state index contributed by atoms with van der Waals surface area (Å²) in [5, 5.41) is 0. The number of benzene rings is 11. The van der Waals surface area contributed by atoms with Gasteiger partial charge in [0, 0.05) is 55.8 Å². The van der Waals surface area contributed by atoms with Crippen molar-refractivity contribution in [2.45, 2.75) is 77.0 Å². The quantitative estimate of drug-likeness (QED) is 0.150. The highest BCUT2D eigenvalue weighted by Gasteiger charge is 2.46. The minimum absolute atomic E-state index is 0.219. The second-order valence-electron chi connectivity index (χ2n) is 25.0. The third-order valence-electron chi connectivity index (χ3n) is 19.0. The Hall–Kier alpha value is -9.18. The molecule has 2 heterocycles. The van der Waals surface area contributed by atoms with E-state index in [1.54, 1.807) is 0 Å². The maximum absolute atomic E-state index is 2.60. The Labute approximate surface area is 478 Å². The van der Waals surface area contributed by atoms with E-state index in [4.69, 9.17) is 0 Å². The highest BCUT2D eigenvalue weighted by molar-refractivity contribution is 5.96. The zero-order valence-corrected chi connectivity index (χ0v) is 47.5. The molecule has 2 aliphatic carbocycles. The van der Waals surface area contributed by atoms with Crippen molar-refractivity contribution in [3.05, 3.63) is 293 Å². The van der Waals surface area contributed by atoms with Gasteiger partial charge in [-0.3, -0.25) is 0 Å². The van der Waals surface area contributed by atoms with Crippen LogP contribution >= 0.6 is 0 Å².